The molecule has 144 valence electrons. The fraction of sp³-hybridized carbons (Fsp3) is 0.579. The summed E-state index contributed by atoms with van der Waals surface area (Å²) in [6.45, 7) is 4.97. The summed E-state index contributed by atoms with van der Waals surface area (Å²) in [7, 11) is 0. The van der Waals surface area contributed by atoms with Gasteiger partial charge in [0.25, 0.3) is 5.91 Å². The summed E-state index contributed by atoms with van der Waals surface area (Å²) in [6.07, 6.45) is 5.41. The second-order valence-electron chi connectivity index (χ2n) is 7.36. The third-order valence-electron chi connectivity index (χ3n) is 5.55. The van der Waals surface area contributed by atoms with E-state index in [4.69, 9.17) is 4.42 Å². The van der Waals surface area contributed by atoms with E-state index in [2.05, 4.69) is 15.3 Å². The Kier molecular flexibility index (Phi) is 4.99. The quantitative estimate of drug-likeness (QED) is 0.787. The first-order valence-electron chi connectivity index (χ1n) is 9.44. The molecule has 0 N–H and O–H groups in total. The van der Waals surface area contributed by atoms with E-state index in [1.165, 1.54) is 6.39 Å². The molecule has 2 aromatic rings. The third kappa shape index (κ3) is 3.63. The third-order valence-corrected chi connectivity index (χ3v) is 6.37. The molecule has 0 aromatic carbocycles. The average Bonchev–Trinajstić information content (AvgIpc) is 3.29. The van der Waals surface area contributed by atoms with Crippen LogP contribution in [0.1, 0.15) is 52.6 Å². The first-order valence-corrected chi connectivity index (χ1v) is 10.3. The molecule has 0 spiro atoms. The van der Waals surface area contributed by atoms with Crippen LogP contribution >= 0.6 is 11.3 Å². The first kappa shape index (κ1) is 18.2. The Morgan fingerprint density at radius 1 is 1.22 bits per heavy atom. The molecule has 2 aromatic heterocycles. The number of aromatic nitrogens is 2. The molecule has 2 atom stereocenters. The van der Waals surface area contributed by atoms with Gasteiger partial charge in [-0.3, -0.25) is 9.59 Å². The maximum absolute atomic E-state index is 12.8. The number of rotatable bonds is 5. The van der Waals surface area contributed by atoms with Crippen molar-refractivity contribution in [3.8, 4) is 0 Å². The molecule has 7 nitrogen and oxygen atoms in total. The molecule has 0 saturated carbocycles. The van der Waals surface area contributed by atoms with Crippen molar-refractivity contribution in [3.63, 3.8) is 0 Å². The fourth-order valence-electron chi connectivity index (χ4n) is 4.12. The van der Waals surface area contributed by atoms with Crippen LogP contribution in [-0.4, -0.2) is 56.8 Å². The van der Waals surface area contributed by atoms with Crippen molar-refractivity contribution in [3.05, 3.63) is 33.9 Å². The van der Waals surface area contributed by atoms with Crippen molar-refractivity contribution in [2.24, 2.45) is 0 Å². The predicted octanol–water partition coefficient (Wildman–Crippen LogP) is 2.59. The molecular weight excluding hydrogens is 364 g/mol. The van der Waals surface area contributed by atoms with Gasteiger partial charge in [0.15, 0.2) is 12.1 Å². The van der Waals surface area contributed by atoms with Crippen LogP contribution in [-0.2, 0) is 11.2 Å². The van der Waals surface area contributed by atoms with Crippen molar-refractivity contribution in [1.82, 2.24) is 19.8 Å². The molecule has 3 aliphatic heterocycles. The Morgan fingerprint density at radius 3 is 2.56 bits per heavy atom. The van der Waals surface area contributed by atoms with Crippen LogP contribution in [0.3, 0.4) is 0 Å². The number of thiazole rings is 1. The smallest absolute Gasteiger partial charge is 0.276 e. The number of amides is 2. The number of hydrogen-bond donors (Lipinski definition) is 0. The van der Waals surface area contributed by atoms with Gasteiger partial charge in [0, 0.05) is 37.0 Å². The van der Waals surface area contributed by atoms with Gasteiger partial charge in [-0.2, -0.15) is 0 Å². The van der Waals surface area contributed by atoms with Gasteiger partial charge in [0.05, 0.1) is 10.7 Å². The Hall–Kier alpha value is -2.22. The van der Waals surface area contributed by atoms with Gasteiger partial charge in [-0.15, -0.1) is 11.3 Å². The van der Waals surface area contributed by atoms with E-state index in [9.17, 15) is 9.59 Å². The molecule has 3 saturated heterocycles. The van der Waals surface area contributed by atoms with Gasteiger partial charge in [0.2, 0.25) is 5.91 Å². The molecule has 0 radical (unpaired) electrons. The minimum Gasteiger partial charge on any atom is -0.448 e. The van der Waals surface area contributed by atoms with Crippen molar-refractivity contribution >= 4 is 23.2 Å². The minimum absolute atomic E-state index is 0.0729. The lowest BCUT2D eigenvalue weighted by Crippen LogP contribution is -2.65. The monoisotopic (exact) mass is 388 g/mol. The van der Waals surface area contributed by atoms with Gasteiger partial charge in [-0.05, 0) is 39.5 Å². The van der Waals surface area contributed by atoms with E-state index in [-0.39, 0.29) is 23.9 Å². The number of fused-ring (bicyclic) bond motifs is 3. The number of piperazine rings is 1. The van der Waals surface area contributed by atoms with Crippen molar-refractivity contribution < 1.29 is 14.0 Å². The Labute approximate surface area is 162 Å². The highest BCUT2D eigenvalue weighted by Gasteiger charge is 2.43. The van der Waals surface area contributed by atoms with Crippen LogP contribution in [0.4, 0.5) is 0 Å². The predicted molar refractivity (Wildman–Crippen MR) is 101 cm³/mol. The van der Waals surface area contributed by atoms with Gasteiger partial charge >= 0.3 is 0 Å². The maximum atomic E-state index is 12.8. The van der Waals surface area contributed by atoms with E-state index in [1.54, 1.807) is 18.3 Å². The molecule has 2 unspecified atom stereocenters. The van der Waals surface area contributed by atoms with Crippen molar-refractivity contribution in [2.75, 3.05) is 13.1 Å². The maximum Gasteiger partial charge on any atom is 0.276 e. The summed E-state index contributed by atoms with van der Waals surface area (Å²) in [5.74, 6) is 0.662. The van der Waals surface area contributed by atoms with Crippen LogP contribution in [0.2, 0.25) is 0 Å². The molecule has 5 heterocycles. The van der Waals surface area contributed by atoms with Crippen LogP contribution in [0, 0.1) is 13.8 Å². The van der Waals surface area contributed by atoms with E-state index < -0.39 is 0 Å². The zero-order valence-electron chi connectivity index (χ0n) is 15.7. The lowest BCUT2D eigenvalue weighted by molar-refractivity contribution is -0.140. The van der Waals surface area contributed by atoms with Crippen LogP contribution in [0.15, 0.2) is 16.2 Å². The molecule has 8 heteroatoms. The number of oxazole rings is 1. The summed E-state index contributed by atoms with van der Waals surface area (Å²) >= 11 is 1.65. The van der Waals surface area contributed by atoms with Crippen molar-refractivity contribution in [2.45, 2.75) is 58.0 Å². The number of aryl methyl sites for hydroxylation is 3. The molecule has 3 fully saturated rings. The number of nitrogens with zero attached hydrogens (tertiary/aromatic N) is 4. The standard InChI is InChI=1S/C19H24N4O3S/c1-12-18(20-11-26-12)19(25)23-9-15-6-7-16(23)8-22(15)17(24)5-3-4-14-10-27-13(2)21-14/h10-11,15-16H,3-9H2,1-2H3. The lowest BCUT2D eigenvalue weighted by Gasteiger charge is -2.51. The van der Waals surface area contributed by atoms with E-state index in [1.807, 2.05) is 16.7 Å². The summed E-state index contributed by atoms with van der Waals surface area (Å²) in [5.41, 5.74) is 1.46. The zero-order chi connectivity index (χ0) is 19.0. The van der Waals surface area contributed by atoms with Gasteiger partial charge < -0.3 is 14.2 Å². The normalized spacial score (nSPS) is 21.7. The van der Waals surface area contributed by atoms with Crippen LogP contribution in [0.5, 0.6) is 0 Å². The Bertz CT molecular complexity index is 846. The Morgan fingerprint density at radius 2 is 1.96 bits per heavy atom. The number of carbonyl (C=O) groups is 2. The van der Waals surface area contributed by atoms with E-state index >= 15 is 0 Å². The van der Waals surface area contributed by atoms with Crippen LogP contribution < -0.4 is 0 Å². The molecule has 3 aliphatic rings. The molecular formula is C19H24N4O3S. The van der Waals surface area contributed by atoms with Gasteiger partial charge in [0.1, 0.15) is 5.76 Å². The number of hydrogen-bond acceptors (Lipinski definition) is 6. The molecule has 2 amide bonds. The Balaban J connectivity index is 1.33. The SMILES string of the molecule is Cc1nc(CCCC(=O)N2CC3CCC2CN3C(=O)c2ncoc2C)cs1. The highest BCUT2D eigenvalue weighted by Crippen LogP contribution is 2.31. The average molecular weight is 388 g/mol. The summed E-state index contributed by atoms with van der Waals surface area (Å²) < 4.78 is 5.17. The van der Waals surface area contributed by atoms with Gasteiger partial charge in [-0.25, -0.2) is 9.97 Å². The molecule has 0 aliphatic carbocycles. The van der Waals surface area contributed by atoms with E-state index in [0.717, 1.165) is 36.4 Å². The molecule has 2 bridgehead atoms. The second-order valence-corrected chi connectivity index (χ2v) is 8.42. The summed E-state index contributed by atoms with van der Waals surface area (Å²) in [4.78, 5) is 37.9. The first-order chi connectivity index (χ1) is 13.0. The zero-order valence-corrected chi connectivity index (χ0v) is 16.5. The van der Waals surface area contributed by atoms with E-state index in [0.29, 0.717) is 31.0 Å². The van der Waals surface area contributed by atoms with Crippen LogP contribution in [0.25, 0.3) is 0 Å². The second kappa shape index (κ2) is 7.42. The fourth-order valence-corrected chi connectivity index (χ4v) is 4.76. The minimum atomic E-state index is -0.0815. The summed E-state index contributed by atoms with van der Waals surface area (Å²) in [6, 6.07) is 0.184. The number of piperidine rings is 2. The summed E-state index contributed by atoms with van der Waals surface area (Å²) in [5, 5.41) is 3.13. The largest absolute Gasteiger partial charge is 0.448 e. The molecule has 5 rings (SSSR count). The topological polar surface area (TPSA) is 79.5 Å². The highest BCUT2D eigenvalue weighted by molar-refractivity contribution is 7.09. The highest BCUT2D eigenvalue weighted by atomic mass is 32.1. The molecule has 27 heavy (non-hydrogen) atoms. The van der Waals surface area contributed by atoms with Gasteiger partial charge in [-0.1, -0.05) is 0 Å². The lowest BCUT2D eigenvalue weighted by atomic mass is 9.90. The van der Waals surface area contributed by atoms with Crippen molar-refractivity contribution in [1.29, 1.82) is 0 Å². The number of carbonyl (C=O) groups excluding carboxylic acids is 2.